The molecule has 3 aromatic rings. The number of alkyl halides is 3. The normalized spacial score (nSPS) is 15.6. The third-order valence-corrected chi connectivity index (χ3v) is 12.4. The number of nitrogens with two attached hydrogens (primary N) is 3. The van der Waals surface area contributed by atoms with E-state index in [4.69, 9.17) is 32.2 Å². The second-order valence-electron chi connectivity index (χ2n) is 19.5. The number of guanidine groups is 1. The van der Waals surface area contributed by atoms with Crippen molar-refractivity contribution in [1.29, 1.82) is 0 Å². The van der Waals surface area contributed by atoms with Crippen LogP contribution < -0.4 is 49.1 Å². The van der Waals surface area contributed by atoms with Gasteiger partial charge in [0.25, 0.3) is 0 Å². The number of aromatic hydroxyl groups is 1. The summed E-state index contributed by atoms with van der Waals surface area (Å²) in [5, 5.41) is 52.0. The number of phenolic OH excluding ortho intramolecular Hbond substituents is 1. The number of aromatic nitrogens is 2. The quantitative estimate of drug-likeness (QED) is 0.0234. The zero-order valence-electron chi connectivity index (χ0n) is 44.8. The topological polar surface area (TPSA) is 446 Å². The number of carbonyl (C=O) groups excluding carboxylic acids is 7. The van der Waals surface area contributed by atoms with Crippen LogP contribution in [-0.2, 0) is 67.2 Å². The van der Waals surface area contributed by atoms with Crippen LogP contribution in [0.3, 0.4) is 0 Å². The van der Waals surface area contributed by atoms with Crippen LogP contribution in [0.4, 0.5) is 13.2 Å². The highest BCUT2D eigenvalue weighted by Crippen LogP contribution is 2.21. The molecular weight excluding hydrogens is 1080 g/mol. The molecule has 8 unspecified atom stereocenters. The fraction of sp³-hybridized carbons (Fsp3) is 0.490. The molecule has 2 heterocycles. The van der Waals surface area contributed by atoms with Crippen LogP contribution in [0.1, 0.15) is 76.6 Å². The Hall–Kier alpha value is -8.83. The molecule has 4 rings (SSSR count). The number of carboxylic acids is 3. The van der Waals surface area contributed by atoms with E-state index in [0.717, 1.165) is 0 Å². The first-order valence-electron chi connectivity index (χ1n) is 25.5. The molecule has 8 atom stereocenters. The molecule has 0 spiro atoms. The van der Waals surface area contributed by atoms with Gasteiger partial charge in [-0.25, -0.2) is 14.6 Å². The summed E-state index contributed by atoms with van der Waals surface area (Å²) >= 11 is 0. The first-order valence-corrected chi connectivity index (χ1v) is 25.5. The summed E-state index contributed by atoms with van der Waals surface area (Å²) in [5.41, 5.74) is 18.2. The molecule has 1 aromatic heterocycles. The summed E-state index contributed by atoms with van der Waals surface area (Å²) in [4.78, 5) is 143. The lowest BCUT2D eigenvalue weighted by Crippen LogP contribution is -2.62. The SMILES string of the molecule is CC(C)C(NC(=O)C(CCCN=C(N)N)NC(=O)C(N)CC(=O)O)C(=O)NC(Cc1ccc(O)cc1)C(=O)NC(C(=O)NC(Cc1cnc[nH]1)C(=O)N1CCCC1C(=O)NC(Cc1ccccc1)C(=O)O)C(C)C.O=C(O)C(F)(F)F. The number of carboxylic acid groups (broad SMARTS) is 3. The maximum Gasteiger partial charge on any atom is 0.490 e. The number of halogens is 3. The van der Waals surface area contributed by atoms with Gasteiger partial charge in [-0.1, -0.05) is 70.2 Å². The summed E-state index contributed by atoms with van der Waals surface area (Å²) in [7, 11) is 0. The number of nitrogens with zero attached hydrogens (tertiary/aromatic N) is 3. The van der Waals surface area contributed by atoms with E-state index < -0.39 is 132 Å². The fourth-order valence-corrected chi connectivity index (χ4v) is 8.15. The van der Waals surface area contributed by atoms with Gasteiger partial charge in [-0.3, -0.25) is 43.3 Å². The number of imidazole rings is 1. The Morgan fingerprint density at radius 3 is 1.75 bits per heavy atom. The molecule has 2 aromatic carbocycles. The van der Waals surface area contributed by atoms with Gasteiger partial charge >= 0.3 is 24.1 Å². The Bertz CT molecular complexity index is 2660. The first kappa shape index (κ1) is 66.4. The maximum absolute atomic E-state index is 14.5. The minimum Gasteiger partial charge on any atom is -0.508 e. The van der Waals surface area contributed by atoms with Crippen LogP contribution in [0.2, 0.25) is 0 Å². The van der Waals surface area contributed by atoms with Gasteiger partial charge in [-0.2, -0.15) is 13.2 Å². The second kappa shape index (κ2) is 31.7. The van der Waals surface area contributed by atoms with Crippen molar-refractivity contribution >= 4 is 65.2 Å². The van der Waals surface area contributed by atoms with Crippen LogP contribution in [0.15, 0.2) is 72.1 Å². The Morgan fingerprint density at radius 2 is 1.25 bits per heavy atom. The molecule has 81 heavy (non-hydrogen) atoms. The number of nitrogens with one attached hydrogen (secondary N) is 7. The van der Waals surface area contributed by atoms with E-state index in [1.807, 2.05) is 0 Å². The van der Waals surface area contributed by atoms with E-state index in [-0.39, 0.29) is 63.3 Å². The van der Waals surface area contributed by atoms with Gasteiger partial charge in [0.15, 0.2) is 5.96 Å². The van der Waals surface area contributed by atoms with E-state index in [9.17, 15) is 66.5 Å². The largest absolute Gasteiger partial charge is 0.508 e. The van der Waals surface area contributed by atoms with Crippen LogP contribution in [0, 0.1) is 11.8 Å². The van der Waals surface area contributed by atoms with Crippen LogP contribution in [-0.4, -0.2) is 168 Å². The van der Waals surface area contributed by atoms with Crippen molar-refractivity contribution < 1.29 is 81.5 Å². The number of likely N-dealkylation sites (tertiary alicyclic amines) is 1. The summed E-state index contributed by atoms with van der Waals surface area (Å²) < 4.78 is 31.7. The Labute approximate surface area is 462 Å². The number of rotatable bonds is 28. The molecule has 0 saturated carbocycles. The predicted octanol–water partition coefficient (Wildman–Crippen LogP) is -1.07. The third-order valence-electron chi connectivity index (χ3n) is 12.4. The Kier molecular flexibility index (Phi) is 26.0. The van der Waals surface area contributed by atoms with Crippen molar-refractivity contribution in [2.24, 2.45) is 34.0 Å². The molecule has 1 aliphatic rings. The molecule has 1 aliphatic heterocycles. The highest BCUT2D eigenvalue weighted by molar-refractivity contribution is 5.98. The van der Waals surface area contributed by atoms with Gasteiger partial charge in [0.05, 0.1) is 18.8 Å². The number of hydrogen-bond acceptors (Lipinski definition) is 14. The minimum absolute atomic E-state index is 0.00251. The van der Waals surface area contributed by atoms with Gasteiger partial charge in [-0.15, -0.1) is 0 Å². The lowest BCUT2D eigenvalue weighted by Gasteiger charge is -2.31. The molecular formula is C51H70F3N13O14. The molecule has 30 heteroatoms. The highest BCUT2D eigenvalue weighted by Gasteiger charge is 2.41. The number of H-pyrrole nitrogens is 1. The van der Waals surface area contributed by atoms with Crippen molar-refractivity contribution in [3.63, 3.8) is 0 Å². The summed E-state index contributed by atoms with van der Waals surface area (Å²) in [5.74, 6) is -12.5. The van der Waals surface area contributed by atoms with E-state index in [1.54, 1.807) is 58.0 Å². The lowest BCUT2D eigenvalue weighted by molar-refractivity contribution is -0.192. The molecule has 0 aliphatic carbocycles. The summed E-state index contributed by atoms with van der Waals surface area (Å²) in [6.07, 6.45) is -2.53. The van der Waals surface area contributed by atoms with E-state index >= 15 is 0 Å². The maximum atomic E-state index is 14.5. The fourth-order valence-electron chi connectivity index (χ4n) is 8.15. The van der Waals surface area contributed by atoms with Crippen LogP contribution in [0.25, 0.3) is 0 Å². The molecule has 444 valence electrons. The molecule has 0 radical (unpaired) electrons. The van der Waals surface area contributed by atoms with Gasteiger partial charge in [0.1, 0.15) is 48.0 Å². The third kappa shape index (κ3) is 22.4. The number of aliphatic carboxylic acids is 3. The zero-order chi connectivity index (χ0) is 60.7. The summed E-state index contributed by atoms with van der Waals surface area (Å²) in [6.45, 7) is 6.70. The average molecular weight is 1150 g/mol. The van der Waals surface area contributed by atoms with Gasteiger partial charge in [0.2, 0.25) is 41.4 Å². The smallest absolute Gasteiger partial charge is 0.490 e. The number of benzene rings is 2. The van der Waals surface area contributed by atoms with Crippen LogP contribution >= 0.6 is 0 Å². The molecule has 17 N–H and O–H groups in total. The van der Waals surface area contributed by atoms with E-state index in [0.29, 0.717) is 23.2 Å². The Balaban J connectivity index is 0.00000230. The van der Waals surface area contributed by atoms with Gasteiger partial charge in [0, 0.05) is 44.2 Å². The zero-order valence-corrected chi connectivity index (χ0v) is 44.8. The van der Waals surface area contributed by atoms with E-state index in [2.05, 4.69) is 46.9 Å². The van der Waals surface area contributed by atoms with Crippen molar-refractivity contribution in [2.45, 2.75) is 134 Å². The number of aliphatic imine (C=N–C) groups is 1. The number of carbonyl (C=O) groups is 10. The lowest BCUT2D eigenvalue weighted by atomic mass is 9.98. The van der Waals surface area contributed by atoms with Gasteiger partial charge < -0.3 is 79.4 Å². The van der Waals surface area contributed by atoms with Crippen molar-refractivity contribution in [2.75, 3.05) is 13.1 Å². The number of phenols is 1. The molecule has 1 fully saturated rings. The number of aromatic amines is 1. The molecule has 27 nitrogen and oxygen atoms in total. The van der Waals surface area contributed by atoms with Crippen LogP contribution in [0.5, 0.6) is 5.75 Å². The monoisotopic (exact) mass is 1150 g/mol. The van der Waals surface area contributed by atoms with Crippen molar-refractivity contribution in [3.8, 4) is 5.75 Å². The first-order chi connectivity index (χ1) is 38.0. The predicted molar refractivity (Wildman–Crippen MR) is 282 cm³/mol. The number of amides is 7. The standard InChI is InChI=1S/C49H69N13O12.C2HF3O2/c1-26(2)39(60-42(67)33(12-8-18-54-49(51)52)56-41(66)32(50)23-38(64)65)45(70)57-34(20-29-14-16-31(63)17-15-29)43(68)61-40(27(3)4)46(71)58-35(22-30-24-53-25-55-30)47(72)62-19-9-13-37(62)44(69)59-36(48(73)74)21-28-10-6-5-7-11-28;3-2(4,5)1(6)7/h5-7,10-11,14-17,24-27,32-37,39-40,63H,8-9,12-13,18-23,50H2,1-4H3,(H,53,55)(H,56,66)(H,57,70)(H,58,71)(H,59,69)(H,60,67)(H,61,68)(H,64,65)(H,73,74)(H4,51,52,54);(H,6,7). The molecule has 0 bridgehead atoms. The minimum atomic E-state index is -5.08. The second-order valence-corrected chi connectivity index (χ2v) is 19.5. The number of hydrogen-bond donors (Lipinski definition) is 14. The highest BCUT2D eigenvalue weighted by atomic mass is 19.4. The van der Waals surface area contributed by atoms with Crippen molar-refractivity contribution in [1.82, 2.24) is 46.8 Å². The van der Waals surface area contributed by atoms with E-state index in [1.165, 1.54) is 41.7 Å². The molecule has 1 saturated heterocycles. The van der Waals surface area contributed by atoms with Crippen molar-refractivity contribution in [3.05, 3.63) is 83.9 Å². The summed E-state index contributed by atoms with van der Waals surface area (Å²) in [6, 6.07) is 3.91. The van der Waals surface area contributed by atoms with Gasteiger partial charge in [-0.05, 0) is 60.8 Å². The Morgan fingerprint density at radius 1 is 0.716 bits per heavy atom. The average Bonchev–Trinajstić information content (AvgIpc) is 4.20. The molecule has 7 amide bonds.